The molecule has 0 aromatic heterocycles. The molecule has 0 bridgehead atoms. The number of ketones is 1. The molecule has 5 aliphatic carbocycles. The number of hydrogen-bond acceptors (Lipinski definition) is 1. The lowest BCUT2D eigenvalue weighted by Crippen LogP contribution is -2.69. The van der Waals surface area contributed by atoms with Crippen molar-refractivity contribution in [2.24, 2.45) is 46.3 Å². The lowest BCUT2D eigenvalue weighted by atomic mass is 9.41. The van der Waals surface area contributed by atoms with Crippen LogP contribution in [0.2, 0.25) is 0 Å². The van der Waals surface area contributed by atoms with Crippen molar-refractivity contribution in [2.45, 2.75) is 148 Å². The van der Waals surface area contributed by atoms with Crippen LogP contribution in [0.3, 0.4) is 0 Å². The second-order valence-electron chi connectivity index (χ2n) is 13.8. The Balaban J connectivity index is 1.10. The summed E-state index contributed by atoms with van der Waals surface area (Å²) in [4.78, 5) is 13.7. The van der Waals surface area contributed by atoms with Crippen molar-refractivity contribution >= 4 is 5.78 Å². The quantitative estimate of drug-likeness (QED) is 0.376. The highest BCUT2D eigenvalue weighted by Crippen LogP contribution is 2.66. The molecule has 194 valence electrons. The summed E-state index contributed by atoms with van der Waals surface area (Å²) in [6.45, 7) is 4.63. The Labute approximate surface area is 209 Å². The number of alkyl halides is 1. The van der Waals surface area contributed by atoms with Crippen molar-refractivity contribution in [3.8, 4) is 0 Å². The van der Waals surface area contributed by atoms with Gasteiger partial charge < -0.3 is 0 Å². The maximum atomic E-state index is 16.0. The van der Waals surface area contributed by atoms with Gasteiger partial charge in [-0.15, -0.1) is 0 Å². The Morgan fingerprint density at radius 3 is 1.21 bits per heavy atom. The van der Waals surface area contributed by atoms with Crippen LogP contribution >= 0.6 is 0 Å². The lowest BCUT2D eigenvalue weighted by Gasteiger charge is -2.62. The molecule has 0 atom stereocenters. The van der Waals surface area contributed by atoms with Crippen molar-refractivity contribution in [1.82, 2.24) is 0 Å². The number of carbonyl (C=O) groups is 1. The molecule has 1 nitrogen and oxygen atoms in total. The third kappa shape index (κ3) is 4.44. The van der Waals surface area contributed by atoms with Crippen LogP contribution in [0.25, 0.3) is 0 Å². The van der Waals surface area contributed by atoms with Gasteiger partial charge in [0, 0.05) is 0 Å². The number of Topliss-reactive ketones (excluding diaryl/α,β-unsaturated/α-hetero) is 1. The number of halogens is 1. The first kappa shape index (κ1) is 25.3. The average Bonchev–Trinajstić information content (AvgIpc) is 2.89. The first-order chi connectivity index (χ1) is 16.5. The van der Waals surface area contributed by atoms with Crippen molar-refractivity contribution in [1.29, 1.82) is 0 Å². The maximum Gasteiger partial charge on any atom is 0.151 e. The van der Waals surface area contributed by atoms with Gasteiger partial charge in [-0.25, -0.2) is 4.39 Å². The van der Waals surface area contributed by atoms with Gasteiger partial charge in [0.05, 0.1) is 10.8 Å². The number of carbonyl (C=O) groups excluding carboxylic acids is 1. The summed E-state index contributed by atoms with van der Waals surface area (Å²) < 4.78 is 16.0. The van der Waals surface area contributed by atoms with Gasteiger partial charge in [0.1, 0.15) is 6.17 Å². The van der Waals surface area contributed by atoms with E-state index >= 15 is 4.39 Å². The van der Waals surface area contributed by atoms with Gasteiger partial charge in [0.15, 0.2) is 5.78 Å². The van der Waals surface area contributed by atoms with Gasteiger partial charge in [-0.1, -0.05) is 65.2 Å². The molecular formula is C32H53FO. The molecule has 5 fully saturated rings. The molecule has 2 spiro atoms. The highest BCUT2D eigenvalue weighted by Gasteiger charge is 2.71. The largest absolute Gasteiger partial charge is 0.298 e. The van der Waals surface area contributed by atoms with Crippen LogP contribution in [0, 0.1) is 46.3 Å². The fraction of sp³-hybridized carbons (Fsp3) is 0.969. The molecule has 0 radical (unpaired) electrons. The second-order valence-corrected chi connectivity index (χ2v) is 13.8. The Morgan fingerprint density at radius 2 is 0.912 bits per heavy atom. The second kappa shape index (κ2) is 10.5. The van der Waals surface area contributed by atoms with E-state index in [1.54, 1.807) is 0 Å². The lowest BCUT2D eigenvalue weighted by molar-refractivity contribution is -0.194. The molecule has 5 saturated carbocycles. The highest BCUT2D eigenvalue weighted by atomic mass is 19.1. The molecule has 34 heavy (non-hydrogen) atoms. The topological polar surface area (TPSA) is 17.1 Å². The van der Waals surface area contributed by atoms with Crippen LogP contribution in [0.1, 0.15) is 142 Å². The molecule has 0 N–H and O–H groups in total. The predicted octanol–water partition coefficient (Wildman–Crippen LogP) is 9.47. The third-order valence-corrected chi connectivity index (χ3v) is 12.2. The summed E-state index contributed by atoms with van der Waals surface area (Å²) in [6.07, 6.45) is 23.7. The van der Waals surface area contributed by atoms with Crippen LogP contribution in [0.15, 0.2) is 0 Å². The molecule has 0 amide bonds. The van der Waals surface area contributed by atoms with E-state index in [-0.39, 0.29) is 0 Å². The molecule has 0 heterocycles. The zero-order valence-corrected chi connectivity index (χ0v) is 22.5. The van der Waals surface area contributed by atoms with Crippen molar-refractivity contribution in [3.05, 3.63) is 0 Å². The Bertz CT molecular complexity index is 611. The van der Waals surface area contributed by atoms with Gasteiger partial charge >= 0.3 is 0 Å². The van der Waals surface area contributed by atoms with Crippen molar-refractivity contribution in [3.63, 3.8) is 0 Å². The Hall–Kier alpha value is -0.400. The molecule has 0 aromatic carbocycles. The summed E-state index contributed by atoms with van der Waals surface area (Å²) in [5.41, 5.74) is -1.14. The minimum absolute atomic E-state index is 0.378. The van der Waals surface area contributed by atoms with Gasteiger partial charge in [-0.2, -0.15) is 0 Å². The molecule has 0 saturated heterocycles. The average molecular weight is 473 g/mol. The van der Waals surface area contributed by atoms with E-state index in [1.165, 1.54) is 77.0 Å². The number of rotatable bonds is 6. The SMILES string of the molecule is CCCC1CCC(C2CCC3(CC2)C(=O)C2(CCC(C4CCC(CCC)CC4)CC2)C3F)CC1. The first-order valence-corrected chi connectivity index (χ1v) is 15.7. The zero-order valence-electron chi connectivity index (χ0n) is 22.5. The van der Waals surface area contributed by atoms with E-state index in [0.29, 0.717) is 5.78 Å². The van der Waals surface area contributed by atoms with E-state index in [1.807, 2.05) is 0 Å². The Kier molecular flexibility index (Phi) is 7.82. The van der Waals surface area contributed by atoms with Gasteiger partial charge in [-0.3, -0.25) is 4.79 Å². The van der Waals surface area contributed by atoms with Crippen LogP contribution in [0.5, 0.6) is 0 Å². The van der Waals surface area contributed by atoms with Gasteiger partial charge in [0.2, 0.25) is 0 Å². The minimum Gasteiger partial charge on any atom is -0.298 e. The molecule has 2 heteroatoms. The summed E-state index contributed by atoms with van der Waals surface area (Å²) in [6, 6.07) is 0. The predicted molar refractivity (Wildman–Crippen MR) is 139 cm³/mol. The highest BCUT2D eigenvalue weighted by molar-refractivity contribution is 5.98. The van der Waals surface area contributed by atoms with E-state index in [0.717, 1.165) is 86.9 Å². The van der Waals surface area contributed by atoms with Gasteiger partial charge in [0.25, 0.3) is 0 Å². The smallest absolute Gasteiger partial charge is 0.151 e. The van der Waals surface area contributed by atoms with E-state index in [9.17, 15) is 4.79 Å². The minimum atomic E-state index is -0.838. The van der Waals surface area contributed by atoms with Crippen molar-refractivity contribution in [2.75, 3.05) is 0 Å². The fourth-order valence-corrected chi connectivity index (χ4v) is 10.1. The molecule has 0 unspecified atom stereocenters. The van der Waals surface area contributed by atoms with E-state index in [4.69, 9.17) is 0 Å². The zero-order chi connectivity index (χ0) is 23.8. The molecule has 0 aromatic rings. The van der Waals surface area contributed by atoms with Crippen LogP contribution in [-0.2, 0) is 4.79 Å². The summed E-state index contributed by atoms with van der Waals surface area (Å²) in [5, 5.41) is 0. The van der Waals surface area contributed by atoms with Crippen LogP contribution in [0.4, 0.5) is 4.39 Å². The maximum absolute atomic E-state index is 16.0. The number of hydrogen-bond donors (Lipinski definition) is 0. The van der Waals surface area contributed by atoms with Crippen LogP contribution < -0.4 is 0 Å². The van der Waals surface area contributed by atoms with E-state index < -0.39 is 17.0 Å². The standard InChI is InChI=1S/C32H53FO/c1-3-5-23-7-11-25(12-8-23)27-15-19-31(20-16-27)29(33)32(30(31)34)21-17-28(18-22-32)26-13-9-24(6-4-2)10-14-26/h23-29H,3-22H2,1-2H3. The molecule has 5 rings (SSSR count). The summed E-state index contributed by atoms with van der Waals surface area (Å²) in [5.74, 6) is 5.54. The molecule has 0 aliphatic heterocycles. The Morgan fingerprint density at radius 1 is 0.588 bits per heavy atom. The summed E-state index contributed by atoms with van der Waals surface area (Å²) in [7, 11) is 0. The van der Waals surface area contributed by atoms with Gasteiger partial charge in [-0.05, 0) is 113 Å². The molecule has 5 aliphatic rings. The first-order valence-electron chi connectivity index (χ1n) is 15.7. The van der Waals surface area contributed by atoms with Crippen molar-refractivity contribution < 1.29 is 9.18 Å². The normalized spacial score (nSPS) is 47.6. The van der Waals surface area contributed by atoms with Crippen LogP contribution in [-0.4, -0.2) is 12.0 Å². The summed E-state index contributed by atoms with van der Waals surface area (Å²) >= 11 is 0. The van der Waals surface area contributed by atoms with E-state index in [2.05, 4.69) is 13.8 Å². The monoisotopic (exact) mass is 472 g/mol. The molecular weight excluding hydrogens is 419 g/mol. The fourth-order valence-electron chi connectivity index (χ4n) is 10.1. The third-order valence-electron chi connectivity index (χ3n) is 12.2.